The normalized spacial score (nSPS) is 10.6. The van der Waals surface area contributed by atoms with Crippen molar-refractivity contribution >= 4 is 49.7 Å². The molecule has 0 spiro atoms. The number of hydrogen-bond acceptors (Lipinski definition) is 3. The van der Waals surface area contributed by atoms with E-state index in [0.29, 0.717) is 0 Å². The highest BCUT2D eigenvalue weighted by molar-refractivity contribution is 14.1. The average Bonchev–Trinajstić information content (AvgIpc) is 2.46. The van der Waals surface area contributed by atoms with Gasteiger partial charge in [-0.2, -0.15) is 0 Å². The Morgan fingerprint density at radius 2 is 2.23 bits per heavy atom. The van der Waals surface area contributed by atoms with Gasteiger partial charge >= 0.3 is 0 Å². The lowest BCUT2D eigenvalue weighted by molar-refractivity contribution is 0.412. The summed E-state index contributed by atoms with van der Waals surface area (Å²) in [5.41, 5.74) is 6.63. The van der Waals surface area contributed by atoms with E-state index in [2.05, 4.69) is 28.7 Å². The molecular weight excluding hydrogens is 297 g/mol. The Morgan fingerprint density at radius 3 is 2.92 bits per heavy atom. The summed E-state index contributed by atoms with van der Waals surface area (Å²) in [5, 5.41) is 3.04. The van der Waals surface area contributed by atoms with Crippen LogP contribution in [0.2, 0.25) is 0 Å². The van der Waals surface area contributed by atoms with Crippen LogP contribution in [0.1, 0.15) is 0 Å². The van der Waals surface area contributed by atoms with Gasteiger partial charge in [0.15, 0.2) is 0 Å². The fourth-order valence-electron chi connectivity index (χ4n) is 1.21. The third-order valence-corrected chi connectivity index (χ3v) is 3.68. The van der Waals surface area contributed by atoms with E-state index in [9.17, 15) is 0 Å². The molecule has 68 valence electrons. The maximum Gasteiger partial charge on any atom is 0.132 e. The third kappa shape index (κ3) is 1.48. The van der Waals surface area contributed by atoms with E-state index >= 15 is 0 Å². The van der Waals surface area contributed by atoms with E-state index in [1.807, 2.05) is 11.4 Å². The fraction of sp³-hybridized carbons (Fsp3) is 0.111. The summed E-state index contributed by atoms with van der Waals surface area (Å²) >= 11 is 3.92. The number of thiophene rings is 1. The Labute approximate surface area is 93.8 Å². The van der Waals surface area contributed by atoms with Crippen LogP contribution in [0.25, 0.3) is 10.1 Å². The number of nitrogen functional groups attached to an aromatic ring is 1. The first-order valence-electron chi connectivity index (χ1n) is 3.72. The molecule has 0 saturated carbocycles. The molecule has 13 heavy (non-hydrogen) atoms. The summed E-state index contributed by atoms with van der Waals surface area (Å²) in [6.45, 7) is 0. The molecule has 2 nitrogen and oxygen atoms in total. The number of ether oxygens (including phenoxy) is 1. The number of nitrogens with two attached hydrogens (primary N) is 1. The average molecular weight is 305 g/mol. The SMILES string of the molecule is COc1cc2c(N)csc2cc1I. The molecule has 0 aliphatic rings. The molecule has 2 aromatic rings. The van der Waals surface area contributed by atoms with E-state index in [4.69, 9.17) is 10.5 Å². The summed E-state index contributed by atoms with van der Waals surface area (Å²) in [7, 11) is 1.67. The quantitative estimate of drug-likeness (QED) is 0.822. The number of methoxy groups -OCH3 is 1. The lowest BCUT2D eigenvalue weighted by Gasteiger charge is -2.02. The van der Waals surface area contributed by atoms with Gasteiger partial charge in [-0.05, 0) is 34.7 Å². The molecular formula is C9H8INOS. The molecule has 0 aliphatic heterocycles. The van der Waals surface area contributed by atoms with Crippen LogP contribution in [0.3, 0.4) is 0 Å². The van der Waals surface area contributed by atoms with E-state index < -0.39 is 0 Å². The molecule has 1 heterocycles. The number of halogens is 1. The van der Waals surface area contributed by atoms with Gasteiger partial charge in [-0.15, -0.1) is 11.3 Å². The Kier molecular flexibility index (Phi) is 2.33. The molecule has 0 atom stereocenters. The van der Waals surface area contributed by atoms with Gasteiger partial charge in [0, 0.05) is 15.5 Å². The van der Waals surface area contributed by atoms with Gasteiger partial charge in [0.2, 0.25) is 0 Å². The Morgan fingerprint density at radius 1 is 1.46 bits per heavy atom. The van der Waals surface area contributed by atoms with Crippen LogP contribution in [-0.2, 0) is 0 Å². The van der Waals surface area contributed by atoms with Crippen LogP contribution in [0, 0.1) is 3.57 Å². The highest BCUT2D eigenvalue weighted by Crippen LogP contribution is 2.34. The lowest BCUT2D eigenvalue weighted by Crippen LogP contribution is -1.87. The van der Waals surface area contributed by atoms with Crippen molar-refractivity contribution in [1.29, 1.82) is 0 Å². The molecule has 0 fully saturated rings. The van der Waals surface area contributed by atoms with Crippen LogP contribution >= 0.6 is 33.9 Å². The summed E-state index contributed by atoms with van der Waals surface area (Å²) in [6, 6.07) is 4.08. The second-order valence-corrected chi connectivity index (χ2v) is 4.75. The van der Waals surface area contributed by atoms with Crippen molar-refractivity contribution in [3.63, 3.8) is 0 Å². The summed E-state index contributed by atoms with van der Waals surface area (Å²) in [5.74, 6) is 0.887. The lowest BCUT2D eigenvalue weighted by atomic mass is 10.2. The zero-order valence-electron chi connectivity index (χ0n) is 7.00. The Hall–Kier alpha value is -0.490. The van der Waals surface area contributed by atoms with Crippen LogP contribution in [0.4, 0.5) is 5.69 Å². The maximum atomic E-state index is 5.80. The Bertz CT molecular complexity index is 452. The fourth-order valence-corrected chi connectivity index (χ4v) is 2.97. The van der Waals surface area contributed by atoms with Crippen molar-refractivity contribution in [3.05, 3.63) is 21.1 Å². The van der Waals surface area contributed by atoms with Crippen molar-refractivity contribution in [3.8, 4) is 5.75 Å². The zero-order valence-corrected chi connectivity index (χ0v) is 9.98. The molecule has 2 rings (SSSR count). The summed E-state index contributed by atoms with van der Waals surface area (Å²) in [6.07, 6.45) is 0. The topological polar surface area (TPSA) is 35.2 Å². The first-order chi connectivity index (χ1) is 6.22. The molecule has 0 amide bonds. The van der Waals surface area contributed by atoms with Crippen molar-refractivity contribution in [2.24, 2.45) is 0 Å². The predicted octanol–water partition coefficient (Wildman–Crippen LogP) is 3.10. The van der Waals surface area contributed by atoms with Crippen LogP contribution in [0.5, 0.6) is 5.75 Å². The number of fused-ring (bicyclic) bond motifs is 1. The van der Waals surface area contributed by atoms with E-state index in [-0.39, 0.29) is 0 Å². The van der Waals surface area contributed by atoms with E-state index in [1.165, 1.54) is 4.70 Å². The first-order valence-corrected chi connectivity index (χ1v) is 5.68. The van der Waals surface area contributed by atoms with Gasteiger partial charge in [0.1, 0.15) is 5.75 Å². The first kappa shape index (κ1) is 9.08. The van der Waals surface area contributed by atoms with Gasteiger partial charge in [0.05, 0.1) is 16.4 Å². The standard InChI is InChI=1S/C9H8INOS/c1-12-8-2-5-7(11)4-13-9(5)3-6(8)10/h2-4H,11H2,1H3. The van der Waals surface area contributed by atoms with Crippen molar-refractivity contribution in [2.45, 2.75) is 0 Å². The molecule has 1 aromatic carbocycles. The predicted molar refractivity (Wildman–Crippen MR) is 65.5 cm³/mol. The van der Waals surface area contributed by atoms with Gasteiger partial charge in [-0.3, -0.25) is 0 Å². The Balaban J connectivity index is 2.77. The largest absolute Gasteiger partial charge is 0.496 e. The van der Waals surface area contributed by atoms with Crippen molar-refractivity contribution < 1.29 is 4.74 Å². The van der Waals surface area contributed by atoms with Crippen LogP contribution in [0.15, 0.2) is 17.5 Å². The van der Waals surface area contributed by atoms with E-state index in [1.54, 1.807) is 18.4 Å². The second-order valence-electron chi connectivity index (χ2n) is 2.67. The van der Waals surface area contributed by atoms with Crippen molar-refractivity contribution in [2.75, 3.05) is 12.8 Å². The summed E-state index contributed by atoms with van der Waals surface area (Å²) in [4.78, 5) is 0. The van der Waals surface area contributed by atoms with Gasteiger partial charge in [0.25, 0.3) is 0 Å². The molecule has 1 aromatic heterocycles. The minimum absolute atomic E-state index is 0.828. The molecule has 0 aliphatic carbocycles. The second kappa shape index (κ2) is 3.34. The number of benzene rings is 1. The van der Waals surface area contributed by atoms with Gasteiger partial charge in [-0.1, -0.05) is 0 Å². The van der Waals surface area contributed by atoms with Crippen LogP contribution < -0.4 is 10.5 Å². The highest BCUT2D eigenvalue weighted by Gasteiger charge is 2.06. The summed E-state index contributed by atoms with van der Waals surface area (Å²) < 4.78 is 7.55. The molecule has 4 heteroatoms. The zero-order chi connectivity index (χ0) is 9.42. The minimum Gasteiger partial charge on any atom is -0.496 e. The highest BCUT2D eigenvalue weighted by atomic mass is 127. The number of anilines is 1. The smallest absolute Gasteiger partial charge is 0.132 e. The van der Waals surface area contributed by atoms with Gasteiger partial charge < -0.3 is 10.5 Å². The molecule has 0 bridgehead atoms. The van der Waals surface area contributed by atoms with Crippen LogP contribution in [-0.4, -0.2) is 7.11 Å². The molecule has 0 radical (unpaired) electrons. The monoisotopic (exact) mass is 305 g/mol. The number of hydrogen-bond donors (Lipinski definition) is 1. The molecule has 0 unspecified atom stereocenters. The van der Waals surface area contributed by atoms with Crippen molar-refractivity contribution in [1.82, 2.24) is 0 Å². The third-order valence-electron chi connectivity index (χ3n) is 1.88. The molecule has 2 N–H and O–H groups in total. The van der Waals surface area contributed by atoms with E-state index in [0.717, 1.165) is 20.4 Å². The van der Waals surface area contributed by atoms with Gasteiger partial charge in [-0.25, -0.2) is 0 Å². The maximum absolute atomic E-state index is 5.80. The number of rotatable bonds is 1. The molecule has 0 saturated heterocycles. The minimum atomic E-state index is 0.828.